The molecule has 0 aromatic carbocycles. The molecule has 0 saturated heterocycles. The van der Waals surface area contributed by atoms with E-state index in [-0.39, 0.29) is 56.1 Å². The Bertz CT molecular complexity index is 77.5. The van der Waals surface area contributed by atoms with Crippen molar-refractivity contribution in [2.24, 2.45) is 0 Å². The summed E-state index contributed by atoms with van der Waals surface area (Å²) in [7, 11) is 0. The van der Waals surface area contributed by atoms with Gasteiger partial charge < -0.3 is 9.44 Å². The monoisotopic (exact) mass is 168 g/mol. The molecular weight excluding hydrogens is 164 g/mol. The smallest absolute Gasteiger partial charge is 1.00 e. The molecule has 0 heterocycles. The maximum Gasteiger partial charge on any atom is 1.00 e. The first kappa shape index (κ1) is 16.5. The van der Waals surface area contributed by atoms with Crippen molar-refractivity contribution >= 4 is 6.22 Å². The molecule has 0 saturated carbocycles. The van der Waals surface area contributed by atoms with E-state index in [1.54, 1.807) is 0 Å². The van der Waals surface area contributed by atoms with E-state index in [0.29, 0.717) is 0 Å². The molecule has 0 aromatic rings. The molecule has 0 aromatic heterocycles. The molecule has 1 atom stereocenters. The summed E-state index contributed by atoms with van der Waals surface area (Å²) in [5.41, 5.74) is 0. The van der Waals surface area contributed by atoms with Crippen LogP contribution in [0.2, 0.25) is 0 Å². The average molecular weight is 168 g/mol. The fraction of sp³-hybridized carbons (Fsp3) is 0.667. The molecule has 0 rings (SSSR count). The van der Waals surface area contributed by atoms with Crippen LogP contribution < -0.4 is 56.1 Å². The SMILES string of the molecule is CC(F)OC(=O)F.[F-].[K+]. The second-order valence-corrected chi connectivity index (χ2v) is 0.898. The average Bonchev–Trinajstić information content (AvgIpc) is 1.27. The maximum absolute atomic E-state index is 11.3. The Labute approximate surface area is 92.7 Å². The van der Waals surface area contributed by atoms with Crippen LogP contribution in [0.5, 0.6) is 0 Å². The summed E-state index contributed by atoms with van der Waals surface area (Å²) >= 11 is 0. The van der Waals surface area contributed by atoms with Gasteiger partial charge in [-0.2, -0.15) is 0 Å². The van der Waals surface area contributed by atoms with E-state index in [4.69, 9.17) is 4.79 Å². The second kappa shape index (κ2) is 8.90. The number of alkyl halides is 1. The molecule has 0 N–H and O–H groups in total. The molecule has 2 nitrogen and oxygen atoms in total. The standard InChI is InChI=1S/C3H4F2O2.FH.K/c1-2(4)7-3(5)6;;/h2H,1H3;1H;/q;;+1/p-1. The van der Waals surface area contributed by atoms with Crippen LogP contribution in [0.25, 0.3) is 0 Å². The van der Waals surface area contributed by atoms with Crippen LogP contribution in [0, 0.1) is 0 Å². The normalized spacial score (nSPS) is 10.1. The van der Waals surface area contributed by atoms with Gasteiger partial charge in [-0.05, 0) is 0 Å². The summed E-state index contributed by atoms with van der Waals surface area (Å²) in [5, 5.41) is 0. The molecule has 50 valence electrons. The molecule has 9 heavy (non-hydrogen) atoms. The maximum atomic E-state index is 11.3. The minimum Gasteiger partial charge on any atom is -1.00 e. The number of carbonyl (C=O) groups is 1. The van der Waals surface area contributed by atoms with Crippen molar-refractivity contribution in [3.8, 4) is 0 Å². The van der Waals surface area contributed by atoms with E-state index in [1.807, 2.05) is 0 Å². The second-order valence-electron chi connectivity index (χ2n) is 0.898. The molecule has 0 amide bonds. The summed E-state index contributed by atoms with van der Waals surface area (Å²) < 4.78 is 25.4. The van der Waals surface area contributed by atoms with Gasteiger partial charge in [-0.15, -0.1) is 4.39 Å². The zero-order chi connectivity index (χ0) is 5.86. The van der Waals surface area contributed by atoms with Crippen LogP contribution in [0.4, 0.5) is 13.6 Å². The first-order valence-electron chi connectivity index (χ1n) is 1.63. The largest absolute Gasteiger partial charge is 1.00 e. The minimum absolute atomic E-state index is 0. The topological polar surface area (TPSA) is 26.3 Å². The van der Waals surface area contributed by atoms with Gasteiger partial charge >= 0.3 is 57.6 Å². The van der Waals surface area contributed by atoms with E-state index in [1.165, 1.54) is 0 Å². The molecule has 0 spiro atoms. The van der Waals surface area contributed by atoms with E-state index in [2.05, 4.69) is 4.74 Å². The van der Waals surface area contributed by atoms with Crippen LogP contribution in [0.1, 0.15) is 6.92 Å². The van der Waals surface area contributed by atoms with Crippen LogP contribution >= 0.6 is 0 Å². The zero-order valence-corrected chi connectivity index (χ0v) is 8.15. The van der Waals surface area contributed by atoms with Crippen LogP contribution in [-0.2, 0) is 4.74 Å². The summed E-state index contributed by atoms with van der Waals surface area (Å²) in [6, 6.07) is 0. The Balaban J connectivity index is -0.000000180. The predicted octanol–water partition coefficient (Wildman–Crippen LogP) is -4.58. The third-order valence-electron chi connectivity index (χ3n) is 0.255. The number of ether oxygens (including phenoxy) is 1. The van der Waals surface area contributed by atoms with Gasteiger partial charge in [0.2, 0.25) is 6.36 Å². The van der Waals surface area contributed by atoms with E-state index in [0.717, 1.165) is 6.92 Å². The van der Waals surface area contributed by atoms with Gasteiger partial charge in [0.25, 0.3) is 0 Å². The van der Waals surface area contributed by atoms with Crippen LogP contribution in [0.15, 0.2) is 0 Å². The van der Waals surface area contributed by atoms with E-state index in [9.17, 15) is 8.78 Å². The number of hydrogen-bond donors (Lipinski definition) is 0. The number of halogens is 3. The van der Waals surface area contributed by atoms with Gasteiger partial charge in [-0.1, -0.05) is 0 Å². The number of rotatable bonds is 1. The van der Waals surface area contributed by atoms with E-state index >= 15 is 0 Å². The molecular formula is C3H4F3KO2. The van der Waals surface area contributed by atoms with Crippen molar-refractivity contribution in [2.75, 3.05) is 0 Å². The van der Waals surface area contributed by atoms with Gasteiger partial charge in [0.05, 0.1) is 0 Å². The summed E-state index contributed by atoms with van der Waals surface area (Å²) in [6.07, 6.45) is -3.94. The summed E-state index contributed by atoms with van der Waals surface area (Å²) in [5.74, 6) is 0. The fourth-order valence-corrected chi connectivity index (χ4v) is 0.128. The summed E-state index contributed by atoms with van der Waals surface area (Å²) in [6.45, 7) is 0.914. The van der Waals surface area contributed by atoms with Crippen molar-refractivity contribution in [1.82, 2.24) is 0 Å². The third kappa shape index (κ3) is 17.6. The Hall–Kier alpha value is 0.896. The van der Waals surface area contributed by atoms with Crippen molar-refractivity contribution in [3.63, 3.8) is 0 Å². The Morgan fingerprint density at radius 1 is 1.67 bits per heavy atom. The van der Waals surface area contributed by atoms with Crippen molar-refractivity contribution in [2.45, 2.75) is 13.3 Å². The van der Waals surface area contributed by atoms with Crippen LogP contribution in [0.3, 0.4) is 0 Å². The first-order valence-corrected chi connectivity index (χ1v) is 1.63. The molecule has 0 bridgehead atoms. The predicted molar refractivity (Wildman–Crippen MR) is 18.2 cm³/mol. The van der Waals surface area contributed by atoms with Gasteiger partial charge in [0.15, 0.2) is 0 Å². The van der Waals surface area contributed by atoms with E-state index < -0.39 is 12.6 Å². The fourth-order valence-electron chi connectivity index (χ4n) is 0.128. The Morgan fingerprint density at radius 2 is 2.00 bits per heavy atom. The third-order valence-corrected chi connectivity index (χ3v) is 0.255. The van der Waals surface area contributed by atoms with Crippen molar-refractivity contribution < 1.29 is 74.4 Å². The number of carbonyl (C=O) groups excluding carboxylic acids is 1. The van der Waals surface area contributed by atoms with Crippen molar-refractivity contribution in [1.29, 1.82) is 0 Å². The molecule has 0 radical (unpaired) electrons. The van der Waals surface area contributed by atoms with Gasteiger partial charge in [-0.25, -0.2) is 9.18 Å². The Kier molecular flexibility index (Phi) is 16.3. The van der Waals surface area contributed by atoms with Gasteiger partial charge in [0, 0.05) is 6.92 Å². The molecule has 0 aliphatic rings. The molecule has 0 fully saturated rings. The number of hydrogen-bond acceptors (Lipinski definition) is 2. The zero-order valence-electron chi connectivity index (χ0n) is 5.03. The first-order chi connectivity index (χ1) is 3.13. The molecule has 0 aliphatic heterocycles. The van der Waals surface area contributed by atoms with Crippen molar-refractivity contribution in [3.05, 3.63) is 0 Å². The quantitative estimate of drug-likeness (QED) is 0.291. The Morgan fingerprint density at radius 3 is 2.00 bits per heavy atom. The van der Waals surface area contributed by atoms with Crippen LogP contribution in [-0.4, -0.2) is 12.6 Å². The van der Waals surface area contributed by atoms with Gasteiger partial charge in [0.1, 0.15) is 0 Å². The summed E-state index contributed by atoms with van der Waals surface area (Å²) in [4.78, 5) is 9.13. The molecule has 6 heteroatoms. The molecule has 1 unspecified atom stereocenters. The minimum atomic E-state index is -2.09. The molecule has 0 aliphatic carbocycles. The van der Waals surface area contributed by atoms with Gasteiger partial charge in [-0.3, -0.25) is 0 Å².